The standard InChI is InChI=1S/C16H14N2O3/c1-10-7-12(13(9-17)16(19)18-10)11-3-4-14-15(8-11)21-6-2-5-20-14/h3-4,7-8H,2,5-6H2,1H3,(H,18,19). The number of pyridine rings is 1. The summed E-state index contributed by atoms with van der Waals surface area (Å²) in [7, 11) is 0. The molecular formula is C16H14N2O3. The van der Waals surface area contributed by atoms with Crippen molar-refractivity contribution in [3.63, 3.8) is 0 Å². The maximum atomic E-state index is 11.9. The molecule has 0 spiro atoms. The molecular weight excluding hydrogens is 268 g/mol. The van der Waals surface area contributed by atoms with E-state index in [9.17, 15) is 10.1 Å². The summed E-state index contributed by atoms with van der Waals surface area (Å²) in [4.78, 5) is 14.5. The molecule has 106 valence electrons. The van der Waals surface area contributed by atoms with Crippen LogP contribution in [-0.4, -0.2) is 18.2 Å². The lowest BCUT2D eigenvalue weighted by Crippen LogP contribution is -2.12. The van der Waals surface area contributed by atoms with Gasteiger partial charge >= 0.3 is 0 Å². The Morgan fingerprint density at radius 1 is 1.19 bits per heavy atom. The summed E-state index contributed by atoms with van der Waals surface area (Å²) in [5.74, 6) is 1.34. The predicted octanol–water partition coefficient (Wildman–Crippen LogP) is 2.38. The Balaban J connectivity index is 2.16. The van der Waals surface area contributed by atoms with Gasteiger partial charge in [-0.15, -0.1) is 0 Å². The zero-order valence-electron chi connectivity index (χ0n) is 11.6. The number of nitrogens with one attached hydrogen (secondary N) is 1. The summed E-state index contributed by atoms with van der Waals surface area (Å²) in [6, 6.07) is 9.22. The van der Waals surface area contributed by atoms with Crippen molar-refractivity contribution in [2.75, 3.05) is 13.2 Å². The van der Waals surface area contributed by atoms with Crippen molar-refractivity contribution >= 4 is 0 Å². The van der Waals surface area contributed by atoms with Gasteiger partial charge in [0.1, 0.15) is 11.6 Å². The third-order valence-electron chi connectivity index (χ3n) is 3.34. The molecule has 3 rings (SSSR count). The first-order valence-electron chi connectivity index (χ1n) is 6.73. The summed E-state index contributed by atoms with van der Waals surface area (Å²) in [5, 5.41) is 9.21. The second-order valence-electron chi connectivity index (χ2n) is 4.89. The minimum absolute atomic E-state index is 0.107. The Labute approximate surface area is 121 Å². The van der Waals surface area contributed by atoms with Crippen molar-refractivity contribution in [3.05, 3.63) is 45.9 Å². The molecule has 0 amide bonds. The fourth-order valence-corrected chi connectivity index (χ4v) is 2.36. The number of fused-ring (bicyclic) bond motifs is 1. The first-order valence-corrected chi connectivity index (χ1v) is 6.73. The molecule has 1 aromatic carbocycles. The Hall–Kier alpha value is -2.74. The van der Waals surface area contributed by atoms with Crippen molar-refractivity contribution < 1.29 is 9.47 Å². The highest BCUT2D eigenvalue weighted by Crippen LogP contribution is 2.34. The molecule has 1 aromatic heterocycles. The highest BCUT2D eigenvalue weighted by Gasteiger charge is 2.15. The molecule has 0 fully saturated rings. The summed E-state index contributed by atoms with van der Waals surface area (Å²) in [6.45, 7) is 3.00. The molecule has 0 bridgehead atoms. The molecule has 0 unspecified atom stereocenters. The molecule has 1 aliphatic rings. The fourth-order valence-electron chi connectivity index (χ4n) is 2.36. The number of hydrogen-bond acceptors (Lipinski definition) is 4. The zero-order chi connectivity index (χ0) is 14.8. The van der Waals surface area contributed by atoms with Crippen LogP contribution in [0.4, 0.5) is 0 Å². The Bertz CT molecular complexity index is 787. The van der Waals surface area contributed by atoms with Crippen molar-refractivity contribution in [2.24, 2.45) is 0 Å². The van der Waals surface area contributed by atoms with Gasteiger partial charge in [0.25, 0.3) is 5.56 Å². The number of aromatic nitrogens is 1. The minimum Gasteiger partial charge on any atom is -0.490 e. The number of ether oxygens (including phenoxy) is 2. The molecule has 0 aliphatic carbocycles. The van der Waals surface area contributed by atoms with Crippen LogP contribution in [0.2, 0.25) is 0 Å². The van der Waals surface area contributed by atoms with Crippen LogP contribution in [0.1, 0.15) is 17.7 Å². The first-order chi connectivity index (χ1) is 10.2. The van der Waals surface area contributed by atoms with Gasteiger partial charge in [0.05, 0.1) is 13.2 Å². The molecule has 0 radical (unpaired) electrons. The number of H-pyrrole nitrogens is 1. The number of aromatic amines is 1. The third-order valence-corrected chi connectivity index (χ3v) is 3.34. The second kappa shape index (κ2) is 5.33. The average molecular weight is 282 g/mol. The molecule has 0 saturated carbocycles. The van der Waals surface area contributed by atoms with E-state index in [0.717, 1.165) is 12.0 Å². The van der Waals surface area contributed by atoms with Gasteiger partial charge in [-0.25, -0.2) is 0 Å². The van der Waals surface area contributed by atoms with E-state index < -0.39 is 0 Å². The third kappa shape index (κ3) is 2.48. The van der Waals surface area contributed by atoms with Crippen LogP contribution < -0.4 is 15.0 Å². The predicted molar refractivity (Wildman–Crippen MR) is 77.6 cm³/mol. The fraction of sp³-hybridized carbons (Fsp3) is 0.250. The monoisotopic (exact) mass is 282 g/mol. The maximum Gasteiger partial charge on any atom is 0.266 e. The summed E-state index contributed by atoms with van der Waals surface area (Å²) < 4.78 is 11.2. The van der Waals surface area contributed by atoms with Crippen LogP contribution in [0.3, 0.4) is 0 Å². The number of nitrogens with zero attached hydrogens (tertiary/aromatic N) is 1. The molecule has 5 nitrogen and oxygen atoms in total. The summed E-state index contributed by atoms with van der Waals surface area (Å²) >= 11 is 0. The van der Waals surface area contributed by atoms with Gasteiger partial charge in [-0.05, 0) is 30.7 Å². The van der Waals surface area contributed by atoms with Crippen LogP contribution in [0, 0.1) is 18.3 Å². The van der Waals surface area contributed by atoms with E-state index in [-0.39, 0.29) is 11.1 Å². The summed E-state index contributed by atoms with van der Waals surface area (Å²) in [5.41, 5.74) is 1.82. The van der Waals surface area contributed by atoms with Gasteiger partial charge in [0, 0.05) is 17.7 Å². The van der Waals surface area contributed by atoms with Crippen LogP contribution in [0.25, 0.3) is 11.1 Å². The smallest absolute Gasteiger partial charge is 0.266 e. The van der Waals surface area contributed by atoms with Crippen LogP contribution in [-0.2, 0) is 0 Å². The summed E-state index contributed by atoms with van der Waals surface area (Å²) in [6.07, 6.45) is 0.831. The van der Waals surface area contributed by atoms with E-state index in [1.807, 2.05) is 24.3 Å². The van der Waals surface area contributed by atoms with Crippen LogP contribution >= 0.6 is 0 Å². The topological polar surface area (TPSA) is 75.1 Å². The first kappa shape index (κ1) is 13.3. The quantitative estimate of drug-likeness (QED) is 0.871. The normalized spacial score (nSPS) is 13.3. The lowest BCUT2D eigenvalue weighted by atomic mass is 10.0. The number of aryl methyl sites for hydroxylation is 1. The molecule has 1 N–H and O–H groups in total. The van der Waals surface area contributed by atoms with Crippen molar-refractivity contribution in [3.8, 4) is 28.7 Å². The van der Waals surface area contributed by atoms with Gasteiger partial charge in [-0.2, -0.15) is 5.26 Å². The number of nitriles is 1. The second-order valence-corrected chi connectivity index (χ2v) is 4.89. The van der Waals surface area contributed by atoms with E-state index in [4.69, 9.17) is 9.47 Å². The van der Waals surface area contributed by atoms with E-state index in [1.54, 1.807) is 13.0 Å². The molecule has 2 aromatic rings. The van der Waals surface area contributed by atoms with E-state index >= 15 is 0 Å². The number of hydrogen-bond donors (Lipinski definition) is 1. The molecule has 0 saturated heterocycles. The minimum atomic E-state index is -0.375. The highest BCUT2D eigenvalue weighted by molar-refractivity contribution is 5.72. The van der Waals surface area contributed by atoms with Crippen LogP contribution in [0.5, 0.6) is 11.5 Å². The molecule has 2 heterocycles. The molecule has 21 heavy (non-hydrogen) atoms. The zero-order valence-corrected chi connectivity index (χ0v) is 11.6. The van der Waals surface area contributed by atoms with Crippen LogP contribution in [0.15, 0.2) is 29.1 Å². The van der Waals surface area contributed by atoms with E-state index in [0.29, 0.717) is 36.0 Å². The van der Waals surface area contributed by atoms with Crippen molar-refractivity contribution in [1.29, 1.82) is 5.26 Å². The van der Waals surface area contributed by atoms with Gasteiger partial charge in [0.2, 0.25) is 0 Å². The lowest BCUT2D eigenvalue weighted by molar-refractivity contribution is 0.297. The van der Waals surface area contributed by atoms with Gasteiger partial charge < -0.3 is 14.5 Å². The average Bonchev–Trinajstić information content (AvgIpc) is 2.71. The van der Waals surface area contributed by atoms with Gasteiger partial charge in [-0.3, -0.25) is 4.79 Å². The molecule has 0 atom stereocenters. The number of rotatable bonds is 1. The maximum absolute atomic E-state index is 11.9. The van der Waals surface area contributed by atoms with Crippen molar-refractivity contribution in [1.82, 2.24) is 4.98 Å². The molecule has 5 heteroatoms. The van der Waals surface area contributed by atoms with E-state index in [1.165, 1.54) is 0 Å². The van der Waals surface area contributed by atoms with Gasteiger partial charge in [0.15, 0.2) is 11.5 Å². The number of benzene rings is 1. The Kier molecular flexibility index (Phi) is 3.36. The lowest BCUT2D eigenvalue weighted by Gasteiger charge is -2.10. The van der Waals surface area contributed by atoms with E-state index in [2.05, 4.69) is 4.98 Å². The molecule has 1 aliphatic heterocycles. The Morgan fingerprint density at radius 2 is 1.95 bits per heavy atom. The Morgan fingerprint density at radius 3 is 2.71 bits per heavy atom. The van der Waals surface area contributed by atoms with Crippen molar-refractivity contribution in [2.45, 2.75) is 13.3 Å². The largest absolute Gasteiger partial charge is 0.490 e. The van der Waals surface area contributed by atoms with Gasteiger partial charge in [-0.1, -0.05) is 6.07 Å². The highest BCUT2D eigenvalue weighted by atomic mass is 16.5. The SMILES string of the molecule is Cc1cc(-c2ccc3c(c2)OCCCO3)c(C#N)c(=O)[nH]1.